The van der Waals surface area contributed by atoms with Crippen LogP contribution in [-0.2, 0) is 19.1 Å². The first-order chi connectivity index (χ1) is 7.56. The molecule has 90 valence electrons. The van der Waals surface area contributed by atoms with Crippen molar-refractivity contribution in [3.63, 3.8) is 0 Å². The highest BCUT2D eigenvalue weighted by Gasteiger charge is 2.29. The van der Waals surface area contributed by atoms with Crippen LogP contribution in [0.15, 0.2) is 24.8 Å². The minimum absolute atomic E-state index is 0.182. The van der Waals surface area contributed by atoms with Crippen molar-refractivity contribution in [2.45, 2.75) is 20.3 Å². The first kappa shape index (κ1) is 14.4. The third-order valence-corrected chi connectivity index (χ3v) is 1.90. The standard InChI is InChI=1S/C12H18O4/c1-5-9(4)8-10(11(13)15-6-2)12(14)16-7-3/h5,10H,1,4,6-8H2,2-3H3. The van der Waals surface area contributed by atoms with E-state index >= 15 is 0 Å². The van der Waals surface area contributed by atoms with Crippen molar-refractivity contribution >= 4 is 11.9 Å². The first-order valence-corrected chi connectivity index (χ1v) is 5.20. The Morgan fingerprint density at radius 2 is 1.62 bits per heavy atom. The average molecular weight is 226 g/mol. The second kappa shape index (κ2) is 7.68. The summed E-state index contributed by atoms with van der Waals surface area (Å²) in [6.07, 6.45) is 1.69. The van der Waals surface area contributed by atoms with Crippen LogP contribution in [0.3, 0.4) is 0 Å². The van der Waals surface area contributed by atoms with E-state index in [-0.39, 0.29) is 19.6 Å². The molecule has 0 N–H and O–H groups in total. The number of carbonyl (C=O) groups is 2. The van der Waals surface area contributed by atoms with Crippen LogP contribution < -0.4 is 0 Å². The smallest absolute Gasteiger partial charge is 0.320 e. The van der Waals surface area contributed by atoms with E-state index in [2.05, 4.69) is 13.2 Å². The summed E-state index contributed by atoms with van der Waals surface area (Å²) in [5.74, 6) is -2.10. The molecule has 0 heterocycles. The molecule has 0 bridgehead atoms. The fourth-order valence-corrected chi connectivity index (χ4v) is 1.09. The van der Waals surface area contributed by atoms with Crippen LogP contribution in [0.2, 0.25) is 0 Å². The molecule has 0 fully saturated rings. The first-order valence-electron chi connectivity index (χ1n) is 5.20. The zero-order valence-corrected chi connectivity index (χ0v) is 9.82. The zero-order chi connectivity index (χ0) is 12.6. The molecule has 16 heavy (non-hydrogen) atoms. The highest BCUT2D eigenvalue weighted by Crippen LogP contribution is 2.15. The van der Waals surface area contributed by atoms with Gasteiger partial charge in [-0.1, -0.05) is 24.8 Å². The quantitative estimate of drug-likeness (QED) is 0.378. The predicted octanol–water partition coefficient (Wildman–Crippen LogP) is 1.86. The molecule has 0 amide bonds. The van der Waals surface area contributed by atoms with Crippen LogP contribution in [0.5, 0.6) is 0 Å². The van der Waals surface area contributed by atoms with Gasteiger partial charge in [-0.2, -0.15) is 0 Å². The molecular weight excluding hydrogens is 208 g/mol. The molecule has 0 aliphatic carbocycles. The lowest BCUT2D eigenvalue weighted by Crippen LogP contribution is -2.28. The van der Waals surface area contributed by atoms with Crippen molar-refractivity contribution in [1.29, 1.82) is 0 Å². The second-order valence-electron chi connectivity index (χ2n) is 3.12. The summed E-state index contributed by atoms with van der Waals surface area (Å²) in [5.41, 5.74) is 0.603. The number of ether oxygens (including phenoxy) is 2. The van der Waals surface area contributed by atoms with Gasteiger partial charge in [0.15, 0.2) is 5.92 Å². The van der Waals surface area contributed by atoms with Crippen LogP contribution in [0, 0.1) is 5.92 Å². The van der Waals surface area contributed by atoms with E-state index in [1.165, 1.54) is 6.08 Å². The number of rotatable bonds is 7. The lowest BCUT2D eigenvalue weighted by Gasteiger charge is -2.14. The zero-order valence-electron chi connectivity index (χ0n) is 9.82. The highest BCUT2D eigenvalue weighted by atomic mass is 16.6. The van der Waals surface area contributed by atoms with Crippen molar-refractivity contribution < 1.29 is 19.1 Å². The van der Waals surface area contributed by atoms with Crippen LogP contribution in [0.1, 0.15) is 20.3 Å². The molecule has 4 nitrogen and oxygen atoms in total. The molecule has 0 saturated carbocycles. The second-order valence-corrected chi connectivity index (χ2v) is 3.12. The Hall–Kier alpha value is -1.58. The summed E-state index contributed by atoms with van der Waals surface area (Å²) in [5, 5.41) is 0. The summed E-state index contributed by atoms with van der Waals surface area (Å²) in [6.45, 7) is 11.0. The molecule has 0 spiro atoms. The molecule has 4 heteroatoms. The summed E-state index contributed by atoms with van der Waals surface area (Å²) in [7, 11) is 0. The normalized spacial score (nSPS) is 9.69. The Bertz CT molecular complexity index is 263. The topological polar surface area (TPSA) is 52.6 Å². The number of esters is 2. The van der Waals surface area contributed by atoms with E-state index < -0.39 is 17.9 Å². The molecule has 0 unspecified atom stereocenters. The molecule has 0 aromatic carbocycles. The molecule has 0 aliphatic rings. The Morgan fingerprint density at radius 1 is 1.19 bits per heavy atom. The average Bonchev–Trinajstić information content (AvgIpc) is 2.25. The molecule has 0 saturated heterocycles. The molecule has 0 radical (unpaired) electrons. The van der Waals surface area contributed by atoms with Crippen molar-refractivity contribution in [3.8, 4) is 0 Å². The van der Waals surface area contributed by atoms with Crippen LogP contribution >= 0.6 is 0 Å². The third kappa shape index (κ3) is 4.77. The Kier molecular flexibility index (Phi) is 6.92. The van der Waals surface area contributed by atoms with Gasteiger partial charge in [0.05, 0.1) is 13.2 Å². The molecule has 0 aromatic heterocycles. The molecule has 0 aliphatic heterocycles. The number of hydrogen-bond donors (Lipinski definition) is 0. The van der Waals surface area contributed by atoms with Crippen molar-refractivity contribution in [3.05, 3.63) is 24.8 Å². The Balaban J connectivity index is 4.61. The lowest BCUT2D eigenvalue weighted by molar-refractivity contribution is -0.161. The minimum atomic E-state index is -0.939. The molecular formula is C12H18O4. The monoisotopic (exact) mass is 226 g/mol. The SMILES string of the molecule is C=CC(=C)CC(C(=O)OCC)C(=O)OCC. The van der Waals surface area contributed by atoms with Crippen LogP contribution in [0.4, 0.5) is 0 Å². The van der Waals surface area contributed by atoms with Gasteiger partial charge in [0.2, 0.25) is 0 Å². The van der Waals surface area contributed by atoms with E-state index in [9.17, 15) is 9.59 Å². The number of hydrogen-bond acceptors (Lipinski definition) is 4. The molecule has 0 atom stereocenters. The van der Waals surface area contributed by atoms with Gasteiger partial charge in [-0.3, -0.25) is 9.59 Å². The maximum Gasteiger partial charge on any atom is 0.320 e. The molecule has 0 aromatic rings. The van der Waals surface area contributed by atoms with Gasteiger partial charge in [-0.15, -0.1) is 0 Å². The minimum Gasteiger partial charge on any atom is -0.465 e. The van der Waals surface area contributed by atoms with Crippen molar-refractivity contribution in [1.82, 2.24) is 0 Å². The van der Waals surface area contributed by atoms with Crippen molar-refractivity contribution in [2.75, 3.05) is 13.2 Å². The van der Waals surface area contributed by atoms with E-state index in [0.29, 0.717) is 5.57 Å². The maximum atomic E-state index is 11.5. The van der Waals surface area contributed by atoms with Gasteiger partial charge in [-0.25, -0.2) is 0 Å². The van der Waals surface area contributed by atoms with E-state index in [1.54, 1.807) is 13.8 Å². The van der Waals surface area contributed by atoms with Gasteiger partial charge in [0, 0.05) is 0 Å². The van der Waals surface area contributed by atoms with Crippen molar-refractivity contribution in [2.24, 2.45) is 5.92 Å². The largest absolute Gasteiger partial charge is 0.465 e. The summed E-state index contributed by atoms with van der Waals surface area (Å²) in [6, 6.07) is 0. The van der Waals surface area contributed by atoms with Gasteiger partial charge >= 0.3 is 11.9 Å². The number of carbonyl (C=O) groups excluding carboxylic acids is 2. The fraction of sp³-hybridized carbons (Fsp3) is 0.500. The van der Waals surface area contributed by atoms with E-state index in [0.717, 1.165) is 0 Å². The predicted molar refractivity (Wildman–Crippen MR) is 60.7 cm³/mol. The Morgan fingerprint density at radius 3 is 1.94 bits per heavy atom. The third-order valence-electron chi connectivity index (χ3n) is 1.90. The lowest BCUT2D eigenvalue weighted by atomic mass is 10.0. The van der Waals surface area contributed by atoms with Gasteiger partial charge in [-0.05, 0) is 20.3 Å². The Labute approximate surface area is 95.9 Å². The summed E-state index contributed by atoms with van der Waals surface area (Å²) >= 11 is 0. The highest BCUT2D eigenvalue weighted by molar-refractivity contribution is 5.95. The summed E-state index contributed by atoms with van der Waals surface area (Å²) < 4.78 is 9.60. The van der Waals surface area contributed by atoms with Crippen LogP contribution in [0.25, 0.3) is 0 Å². The van der Waals surface area contributed by atoms with E-state index in [4.69, 9.17) is 9.47 Å². The van der Waals surface area contributed by atoms with Crippen LogP contribution in [-0.4, -0.2) is 25.2 Å². The van der Waals surface area contributed by atoms with E-state index in [1.807, 2.05) is 0 Å². The summed E-state index contributed by atoms with van der Waals surface area (Å²) in [4.78, 5) is 23.0. The van der Waals surface area contributed by atoms with Gasteiger partial charge in [0.1, 0.15) is 0 Å². The van der Waals surface area contributed by atoms with Gasteiger partial charge < -0.3 is 9.47 Å². The molecule has 0 rings (SSSR count). The maximum absolute atomic E-state index is 11.5. The van der Waals surface area contributed by atoms with Gasteiger partial charge in [0.25, 0.3) is 0 Å². The fourth-order valence-electron chi connectivity index (χ4n) is 1.09. The number of allylic oxidation sites excluding steroid dienone is 2.